The SMILES string of the molecule is C=C(C)[C@@H]1CC[C@]2(C(=O)N[C@@H](CCCCNC(=O)OC(C)(C)C)C(=O)O)CC[C@]3(C)[C@H](CC[C@@H]4[C@@]5(C)CC[C@H](O)C(C)(C)[C@@H]5CC[C@]43C)[C@@H]12. The number of unbranched alkanes of at least 4 members (excludes halogenated alkanes) is 1. The van der Waals surface area contributed by atoms with Crippen molar-refractivity contribution in [1.82, 2.24) is 10.6 Å². The smallest absolute Gasteiger partial charge is 0.407 e. The van der Waals surface area contributed by atoms with E-state index in [2.05, 4.69) is 58.8 Å². The summed E-state index contributed by atoms with van der Waals surface area (Å²) in [5.74, 6) is 0.799. The normalized spacial score (nSPS) is 41.6. The average Bonchev–Trinajstić information content (AvgIpc) is 3.39. The molecule has 11 atom stereocenters. The van der Waals surface area contributed by atoms with Gasteiger partial charge < -0.3 is 25.6 Å². The largest absolute Gasteiger partial charge is 0.480 e. The number of alkyl carbamates (subject to hydrolysis) is 1. The number of rotatable bonds is 9. The van der Waals surface area contributed by atoms with E-state index in [4.69, 9.17) is 4.74 Å². The van der Waals surface area contributed by atoms with Gasteiger partial charge in [0.2, 0.25) is 5.91 Å². The van der Waals surface area contributed by atoms with Gasteiger partial charge in [-0.3, -0.25) is 4.79 Å². The summed E-state index contributed by atoms with van der Waals surface area (Å²) >= 11 is 0. The lowest BCUT2D eigenvalue weighted by atomic mass is 9.32. The van der Waals surface area contributed by atoms with Crippen molar-refractivity contribution in [3.05, 3.63) is 12.2 Å². The van der Waals surface area contributed by atoms with Crippen molar-refractivity contribution in [1.29, 1.82) is 0 Å². The van der Waals surface area contributed by atoms with E-state index in [1.165, 1.54) is 0 Å². The zero-order valence-electron chi connectivity index (χ0n) is 32.2. The molecular formula is C41H68N2O6. The van der Waals surface area contributed by atoms with Gasteiger partial charge in [0, 0.05) is 6.54 Å². The Labute approximate surface area is 296 Å². The van der Waals surface area contributed by atoms with Crippen LogP contribution < -0.4 is 10.6 Å². The molecule has 5 rings (SSSR count). The van der Waals surface area contributed by atoms with E-state index in [0.29, 0.717) is 43.6 Å². The number of amides is 2. The van der Waals surface area contributed by atoms with Crippen LogP contribution >= 0.6 is 0 Å². The highest BCUT2D eigenvalue weighted by atomic mass is 16.6. The summed E-state index contributed by atoms with van der Waals surface area (Å²) in [6, 6.07) is -0.963. The third-order valence-corrected chi connectivity index (χ3v) is 15.7. The summed E-state index contributed by atoms with van der Waals surface area (Å²) in [6.45, 7) is 24.7. The molecule has 5 fully saturated rings. The van der Waals surface area contributed by atoms with Crippen molar-refractivity contribution in [2.75, 3.05) is 6.54 Å². The molecule has 5 aliphatic rings. The predicted octanol–water partition coefficient (Wildman–Crippen LogP) is 8.27. The number of ether oxygens (including phenoxy) is 1. The number of hydrogen-bond acceptors (Lipinski definition) is 5. The number of fused-ring (bicyclic) bond motifs is 7. The summed E-state index contributed by atoms with van der Waals surface area (Å²) < 4.78 is 5.29. The molecule has 0 aliphatic heterocycles. The van der Waals surface area contributed by atoms with Gasteiger partial charge >= 0.3 is 12.1 Å². The van der Waals surface area contributed by atoms with Crippen molar-refractivity contribution in [2.24, 2.45) is 56.7 Å². The minimum absolute atomic E-state index is 0.0733. The van der Waals surface area contributed by atoms with Crippen LogP contribution in [0.1, 0.15) is 146 Å². The maximum atomic E-state index is 14.6. The molecule has 0 unspecified atom stereocenters. The Kier molecular flexibility index (Phi) is 10.2. The summed E-state index contributed by atoms with van der Waals surface area (Å²) in [7, 11) is 0. The molecule has 0 aromatic heterocycles. The number of aliphatic carboxylic acids is 1. The topological polar surface area (TPSA) is 125 Å². The molecule has 8 nitrogen and oxygen atoms in total. The first-order chi connectivity index (χ1) is 22.6. The molecule has 0 saturated heterocycles. The molecule has 278 valence electrons. The molecular weight excluding hydrogens is 616 g/mol. The number of hydrogen-bond donors (Lipinski definition) is 4. The van der Waals surface area contributed by atoms with Gasteiger partial charge in [0.15, 0.2) is 0 Å². The molecule has 49 heavy (non-hydrogen) atoms. The van der Waals surface area contributed by atoms with Crippen molar-refractivity contribution >= 4 is 18.0 Å². The van der Waals surface area contributed by atoms with Crippen LogP contribution in [0.5, 0.6) is 0 Å². The Morgan fingerprint density at radius 2 is 1.57 bits per heavy atom. The minimum Gasteiger partial charge on any atom is -0.480 e. The second-order valence-electron chi connectivity index (χ2n) is 19.5. The van der Waals surface area contributed by atoms with Crippen molar-refractivity contribution in [3.8, 4) is 0 Å². The van der Waals surface area contributed by atoms with E-state index in [-0.39, 0.29) is 45.5 Å². The second-order valence-corrected chi connectivity index (χ2v) is 19.5. The molecule has 0 radical (unpaired) electrons. The van der Waals surface area contributed by atoms with Crippen LogP contribution in [0.2, 0.25) is 0 Å². The highest BCUT2D eigenvalue weighted by Crippen LogP contribution is 2.77. The Morgan fingerprint density at radius 3 is 2.20 bits per heavy atom. The number of aliphatic hydroxyl groups is 1. The van der Waals surface area contributed by atoms with Gasteiger partial charge in [-0.15, -0.1) is 0 Å². The van der Waals surface area contributed by atoms with E-state index in [1.807, 2.05) is 20.8 Å². The van der Waals surface area contributed by atoms with Crippen molar-refractivity contribution in [3.63, 3.8) is 0 Å². The first-order valence-electron chi connectivity index (χ1n) is 19.5. The maximum Gasteiger partial charge on any atom is 0.407 e. The number of carboxylic acids is 1. The fourth-order valence-electron chi connectivity index (χ4n) is 13.1. The quantitative estimate of drug-likeness (QED) is 0.143. The molecule has 8 heteroatoms. The molecule has 0 aromatic carbocycles. The number of carboxylic acid groups (broad SMARTS) is 1. The Balaban J connectivity index is 1.34. The number of allylic oxidation sites excluding steroid dienone is 1. The van der Waals surface area contributed by atoms with E-state index in [9.17, 15) is 24.6 Å². The summed E-state index contributed by atoms with van der Waals surface area (Å²) in [5, 5.41) is 27.1. The number of aliphatic hydroxyl groups excluding tert-OH is 1. The van der Waals surface area contributed by atoms with Crippen LogP contribution in [0, 0.1) is 56.7 Å². The monoisotopic (exact) mass is 685 g/mol. The third kappa shape index (κ3) is 6.37. The van der Waals surface area contributed by atoms with Gasteiger partial charge in [0.25, 0.3) is 0 Å². The minimum atomic E-state index is -1.00. The van der Waals surface area contributed by atoms with Crippen LogP contribution in [-0.2, 0) is 14.3 Å². The van der Waals surface area contributed by atoms with Crippen molar-refractivity contribution < 1.29 is 29.3 Å². The number of nitrogens with one attached hydrogen (secondary N) is 2. The summed E-state index contributed by atoms with van der Waals surface area (Å²) in [5.41, 5.74) is 0.313. The second kappa shape index (κ2) is 13.2. The Morgan fingerprint density at radius 1 is 0.878 bits per heavy atom. The van der Waals surface area contributed by atoms with Gasteiger partial charge in [-0.2, -0.15) is 0 Å². The molecule has 0 heterocycles. The number of carbonyl (C=O) groups is 3. The van der Waals surface area contributed by atoms with Crippen LogP contribution in [0.4, 0.5) is 4.79 Å². The van der Waals surface area contributed by atoms with Gasteiger partial charge in [0.05, 0.1) is 11.5 Å². The van der Waals surface area contributed by atoms with Gasteiger partial charge in [0.1, 0.15) is 11.6 Å². The first kappa shape index (κ1) is 38.1. The molecule has 5 aliphatic carbocycles. The van der Waals surface area contributed by atoms with Crippen molar-refractivity contribution in [2.45, 2.75) is 164 Å². The highest BCUT2D eigenvalue weighted by molar-refractivity contribution is 5.88. The fourth-order valence-corrected chi connectivity index (χ4v) is 13.1. The lowest BCUT2D eigenvalue weighted by molar-refractivity contribution is -0.246. The third-order valence-electron chi connectivity index (χ3n) is 15.7. The van der Waals surface area contributed by atoms with Gasteiger partial charge in [-0.05, 0) is 162 Å². The molecule has 0 bridgehead atoms. The number of carbonyl (C=O) groups excluding carboxylic acids is 2. The van der Waals surface area contributed by atoms with Crippen LogP contribution in [-0.4, -0.2) is 52.5 Å². The predicted molar refractivity (Wildman–Crippen MR) is 193 cm³/mol. The molecule has 4 N–H and O–H groups in total. The molecule has 0 spiro atoms. The van der Waals surface area contributed by atoms with Gasteiger partial charge in [-0.1, -0.05) is 46.8 Å². The fraction of sp³-hybridized carbons (Fsp3) is 0.878. The molecule has 0 aromatic rings. The van der Waals surface area contributed by atoms with Gasteiger partial charge in [-0.25, -0.2) is 9.59 Å². The van der Waals surface area contributed by atoms with E-state index in [0.717, 1.165) is 69.8 Å². The Hall–Kier alpha value is -2.09. The van der Waals surface area contributed by atoms with E-state index < -0.39 is 29.1 Å². The lowest BCUT2D eigenvalue weighted by Gasteiger charge is -2.72. The highest BCUT2D eigenvalue weighted by Gasteiger charge is 2.72. The average molecular weight is 685 g/mol. The first-order valence-corrected chi connectivity index (χ1v) is 19.5. The molecule has 5 saturated carbocycles. The maximum absolute atomic E-state index is 14.6. The zero-order valence-corrected chi connectivity index (χ0v) is 32.2. The standard InChI is InChI=1S/C41H68N2O6/c1-25(2)26-16-21-41(34(47)43-28(33(45)46)13-11-12-24-42-35(48)49-36(3,4)5)23-22-39(9)27(32(26)41)14-15-30-38(8)19-18-31(44)37(6,7)29(38)17-20-40(30,39)10/h26-32,44H,1,11-24H2,2-10H3,(H,42,48)(H,43,47)(H,45,46)/t26-,27+,28-,29-,30+,31-,32+,38-,39+,40+,41-/m0/s1. The van der Waals surface area contributed by atoms with Crippen LogP contribution in [0.15, 0.2) is 12.2 Å². The lowest BCUT2D eigenvalue weighted by Crippen LogP contribution is -2.67. The Bertz CT molecular complexity index is 1300. The van der Waals surface area contributed by atoms with Crippen LogP contribution in [0.3, 0.4) is 0 Å². The summed E-state index contributed by atoms with van der Waals surface area (Å²) in [4.78, 5) is 39.0. The van der Waals surface area contributed by atoms with E-state index >= 15 is 0 Å². The van der Waals surface area contributed by atoms with E-state index in [1.54, 1.807) is 0 Å². The van der Waals surface area contributed by atoms with Crippen LogP contribution in [0.25, 0.3) is 0 Å². The molecule has 2 amide bonds. The summed E-state index contributed by atoms with van der Waals surface area (Å²) in [6.07, 6.45) is 10.8. The zero-order chi connectivity index (χ0) is 36.4.